The van der Waals surface area contributed by atoms with Crippen LogP contribution in [-0.4, -0.2) is 24.2 Å². The molecule has 0 radical (unpaired) electrons. The van der Waals surface area contributed by atoms with Crippen molar-refractivity contribution < 1.29 is 9.53 Å². The van der Waals surface area contributed by atoms with Crippen molar-refractivity contribution in [3.05, 3.63) is 0 Å². The lowest BCUT2D eigenvalue weighted by atomic mass is 9.85. The lowest BCUT2D eigenvalue weighted by molar-refractivity contribution is -0.126. The standard InChI is InChI=1S/C16H26N2O2/c17-13-16(9-5-2-1-3-6-10-16)18-15(19)12-14-8-4-7-11-20-14/h14H,1-12H2,(H,18,19). The highest BCUT2D eigenvalue weighted by molar-refractivity contribution is 5.77. The molecule has 4 heteroatoms. The molecule has 2 fully saturated rings. The van der Waals surface area contributed by atoms with E-state index in [0.29, 0.717) is 6.42 Å². The van der Waals surface area contributed by atoms with Crippen LogP contribution in [0, 0.1) is 11.3 Å². The van der Waals surface area contributed by atoms with E-state index in [0.717, 1.165) is 51.6 Å². The number of nitriles is 1. The number of nitrogens with zero attached hydrogens (tertiary/aromatic N) is 1. The fraction of sp³-hybridized carbons (Fsp3) is 0.875. The third-order valence-corrected chi connectivity index (χ3v) is 4.49. The predicted molar refractivity (Wildman–Crippen MR) is 77.0 cm³/mol. The Morgan fingerprint density at radius 1 is 1.15 bits per heavy atom. The molecular formula is C16H26N2O2. The van der Waals surface area contributed by atoms with Gasteiger partial charge >= 0.3 is 0 Å². The van der Waals surface area contributed by atoms with Crippen LogP contribution in [0.4, 0.5) is 0 Å². The smallest absolute Gasteiger partial charge is 0.223 e. The molecule has 1 saturated heterocycles. The first-order chi connectivity index (χ1) is 9.74. The van der Waals surface area contributed by atoms with E-state index in [1.165, 1.54) is 19.3 Å². The van der Waals surface area contributed by atoms with E-state index in [1.807, 2.05) is 0 Å². The van der Waals surface area contributed by atoms with Crippen molar-refractivity contribution in [1.29, 1.82) is 5.26 Å². The van der Waals surface area contributed by atoms with Gasteiger partial charge in [0, 0.05) is 6.61 Å². The molecule has 112 valence electrons. The normalized spacial score (nSPS) is 26.9. The summed E-state index contributed by atoms with van der Waals surface area (Å²) in [6.07, 6.45) is 10.9. The summed E-state index contributed by atoms with van der Waals surface area (Å²) in [4.78, 5) is 12.2. The first-order valence-electron chi connectivity index (χ1n) is 8.08. The lowest BCUT2D eigenvalue weighted by Crippen LogP contribution is -2.48. The Bertz CT molecular complexity index is 348. The van der Waals surface area contributed by atoms with Crippen LogP contribution >= 0.6 is 0 Å². The van der Waals surface area contributed by atoms with Gasteiger partial charge in [0.25, 0.3) is 0 Å². The van der Waals surface area contributed by atoms with Gasteiger partial charge in [-0.05, 0) is 32.1 Å². The number of carbonyl (C=O) groups excluding carboxylic acids is 1. The van der Waals surface area contributed by atoms with Crippen LogP contribution < -0.4 is 5.32 Å². The molecular weight excluding hydrogens is 252 g/mol. The number of hydrogen-bond donors (Lipinski definition) is 1. The molecule has 1 N–H and O–H groups in total. The Labute approximate surface area is 121 Å². The molecule has 1 aliphatic heterocycles. The number of carbonyl (C=O) groups is 1. The molecule has 4 nitrogen and oxygen atoms in total. The van der Waals surface area contributed by atoms with Crippen molar-refractivity contribution in [3.63, 3.8) is 0 Å². The van der Waals surface area contributed by atoms with Crippen molar-refractivity contribution in [3.8, 4) is 6.07 Å². The topological polar surface area (TPSA) is 62.1 Å². The highest BCUT2D eigenvalue weighted by Crippen LogP contribution is 2.26. The number of amides is 1. The molecule has 1 aliphatic carbocycles. The van der Waals surface area contributed by atoms with E-state index >= 15 is 0 Å². The van der Waals surface area contributed by atoms with Gasteiger partial charge in [0.1, 0.15) is 5.54 Å². The Kier molecular flexibility index (Phi) is 5.85. The van der Waals surface area contributed by atoms with Crippen molar-refractivity contribution in [2.24, 2.45) is 0 Å². The minimum Gasteiger partial charge on any atom is -0.378 e. The summed E-state index contributed by atoms with van der Waals surface area (Å²) < 4.78 is 5.61. The third-order valence-electron chi connectivity index (χ3n) is 4.49. The van der Waals surface area contributed by atoms with Gasteiger partial charge in [0.15, 0.2) is 0 Å². The summed E-state index contributed by atoms with van der Waals surface area (Å²) >= 11 is 0. The summed E-state index contributed by atoms with van der Waals surface area (Å²) in [7, 11) is 0. The summed E-state index contributed by atoms with van der Waals surface area (Å²) in [6.45, 7) is 0.765. The first kappa shape index (κ1) is 15.3. The van der Waals surface area contributed by atoms with Gasteiger partial charge in [-0.1, -0.05) is 32.1 Å². The number of nitrogens with one attached hydrogen (secondary N) is 1. The zero-order chi connectivity index (χ0) is 14.3. The van der Waals surface area contributed by atoms with E-state index in [2.05, 4.69) is 11.4 Å². The first-order valence-corrected chi connectivity index (χ1v) is 8.08. The van der Waals surface area contributed by atoms with Gasteiger partial charge in [-0.2, -0.15) is 5.26 Å². The summed E-state index contributed by atoms with van der Waals surface area (Å²) in [5.41, 5.74) is -0.633. The van der Waals surface area contributed by atoms with Crippen LogP contribution in [0.1, 0.15) is 70.6 Å². The molecule has 1 atom stereocenters. The zero-order valence-corrected chi connectivity index (χ0v) is 12.3. The molecule has 1 heterocycles. The molecule has 1 amide bonds. The largest absolute Gasteiger partial charge is 0.378 e. The van der Waals surface area contributed by atoms with Crippen LogP contribution in [0.25, 0.3) is 0 Å². The van der Waals surface area contributed by atoms with Gasteiger partial charge in [-0.3, -0.25) is 4.79 Å². The van der Waals surface area contributed by atoms with Crippen LogP contribution in [0.15, 0.2) is 0 Å². The van der Waals surface area contributed by atoms with Crippen LogP contribution in [0.5, 0.6) is 0 Å². The lowest BCUT2D eigenvalue weighted by Gasteiger charge is -2.31. The van der Waals surface area contributed by atoms with Crippen molar-refractivity contribution in [1.82, 2.24) is 5.32 Å². The maximum Gasteiger partial charge on any atom is 0.223 e. The highest BCUT2D eigenvalue weighted by Gasteiger charge is 2.32. The van der Waals surface area contributed by atoms with Gasteiger partial charge in [0.05, 0.1) is 18.6 Å². The molecule has 0 spiro atoms. The highest BCUT2D eigenvalue weighted by atomic mass is 16.5. The van der Waals surface area contributed by atoms with Crippen LogP contribution in [-0.2, 0) is 9.53 Å². The molecule has 2 aliphatic rings. The maximum absolute atomic E-state index is 12.2. The quantitative estimate of drug-likeness (QED) is 0.863. The molecule has 1 saturated carbocycles. The van der Waals surface area contributed by atoms with Crippen molar-refractivity contribution in [2.45, 2.75) is 82.3 Å². The van der Waals surface area contributed by atoms with E-state index in [-0.39, 0.29) is 12.0 Å². The fourth-order valence-corrected chi connectivity index (χ4v) is 3.27. The van der Waals surface area contributed by atoms with Crippen molar-refractivity contribution in [2.75, 3.05) is 6.61 Å². The summed E-state index contributed by atoms with van der Waals surface area (Å²) in [6, 6.07) is 2.38. The molecule has 0 bridgehead atoms. The van der Waals surface area contributed by atoms with Crippen molar-refractivity contribution >= 4 is 5.91 Å². The monoisotopic (exact) mass is 278 g/mol. The minimum absolute atomic E-state index is 0.0148. The maximum atomic E-state index is 12.2. The number of ether oxygens (including phenoxy) is 1. The second kappa shape index (κ2) is 7.64. The molecule has 2 rings (SSSR count). The Morgan fingerprint density at radius 2 is 1.85 bits per heavy atom. The molecule has 20 heavy (non-hydrogen) atoms. The average molecular weight is 278 g/mol. The molecule has 0 aromatic carbocycles. The summed E-state index contributed by atoms with van der Waals surface area (Å²) in [5, 5.41) is 12.5. The fourth-order valence-electron chi connectivity index (χ4n) is 3.27. The van der Waals surface area contributed by atoms with Gasteiger partial charge < -0.3 is 10.1 Å². The van der Waals surface area contributed by atoms with Crippen LogP contribution in [0.2, 0.25) is 0 Å². The van der Waals surface area contributed by atoms with E-state index in [4.69, 9.17) is 4.74 Å². The van der Waals surface area contributed by atoms with Gasteiger partial charge in [-0.15, -0.1) is 0 Å². The Balaban J connectivity index is 1.87. The minimum atomic E-state index is -0.633. The summed E-state index contributed by atoms with van der Waals surface area (Å²) in [5.74, 6) is -0.0148. The molecule has 0 aromatic rings. The molecule has 0 aromatic heterocycles. The third kappa shape index (κ3) is 4.49. The van der Waals surface area contributed by atoms with E-state index in [1.54, 1.807) is 0 Å². The SMILES string of the molecule is N#CC1(NC(=O)CC2CCCCO2)CCCCCCC1. The Morgan fingerprint density at radius 3 is 2.45 bits per heavy atom. The van der Waals surface area contributed by atoms with Gasteiger partial charge in [-0.25, -0.2) is 0 Å². The van der Waals surface area contributed by atoms with Gasteiger partial charge in [0.2, 0.25) is 5.91 Å². The van der Waals surface area contributed by atoms with E-state index in [9.17, 15) is 10.1 Å². The average Bonchev–Trinajstić information content (AvgIpc) is 2.43. The second-order valence-corrected chi connectivity index (χ2v) is 6.20. The molecule has 1 unspecified atom stereocenters. The number of rotatable bonds is 3. The van der Waals surface area contributed by atoms with E-state index < -0.39 is 5.54 Å². The second-order valence-electron chi connectivity index (χ2n) is 6.20. The predicted octanol–water partition coefficient (Wildman–Crippen LogP) is 3.07. The van der Waals surface area contributed by atoms with Crippen LogP contribution in [0.3, 0.4) is 0 Å². The Hall–Kier alpha value is -1.08. The zero-order valence-electron chi connectivity index (χ0n) is 12.3. The number of hydrogen-bond acceptors (Lipinski definition) is 3.